The first-order valence-electron chi connectivity index (χ1n) is 9.64. The Hall–Kier alpha value is -2.34. The van der Waals surface area contributed by atoms with Crippen LogP contribution >= 0.6 is 0 Å². The Morgan fingerprint density at radius 2 is 2.00 bits per heavy atom. The Morgan fingerprint density at radius 3 is 2.67 bits per heavy atom. The van der Waals surface area contributed by atoms with Gasteiger partial charge in [-0.3, -0.25) is 4.79 Å². The fourth-order valence-electron chi connectivity index (χ4n) is 3.18. The van der Waals surface area contributed by atoms with Crippen LogP contribution in [0.3, 0.4) is 0 Å². The number of carbonyl (C=O) groups is 1. The molecule has 0 aliphatic rings. The number of nitrogens with zero attached hydrogens (tertiary/aromatic N) is 2. The number of aromatic nitrogens is 1. The Balaban J connectivity index is 2.08. The summed E-state index contributed by atoms with van der Waals surface area (Å²) in [6.07, 6.45) is 1.97. The van der Waals surface area contributed by atoms with Crippen molar-refractivity contribution in [3.8, 4) is 17.1 Å². The zero-order valence-corrected chi connectivity index (χ0v) is 17.0. The summed E-state index contributed by atoms with van der Waals surface area (Å²) in [6, 6.07) is 7.54. The number of amides is 1. The molecule has 6 heteroatoms. The van der Waals surface area contributed by atoms with Gasteiger partial charge in [-0.25, -0.2) is 0 Å². The standard InChI is InChI=1S/C21H31N3O3/c1-6-24(7-2)14-10-11-15(3)22-21(25)19-16(4)23-27-20(19)17-12-8-9-13-18(17)26-5/h8-9,12-13,15H,6-7,10-11,14H2,1-5H3,(H,22,25)/t15-/m0/s1. The maximum absolute atomic E-state index is 12.9. The second-order valence-corrected chi connectivity index (χ2v) is 6.72. The summed E-state index contributed by atoms with van der Waals surface area (Å²) in [7, 11) is 1.60. The lowest BCUT2D eigenvalue weighted by atomic mass is 10.0. The number of aryl methyl sites for hydroxylation is 1. The number of hydrogen-bond acceptors (Lipinski definition) is 5. The molecule has 1 N–H and O–H groups in total. The molecule has 2 aromatic rings. The zero-order chi connectivity index (χ0) is 19.8. The van der Waals surface area contributed by atoms with Crippen LogP contribution in [0, 0.1) is 6.92 Å². The van der Waals surface area contributed by atoms with E-state index in [2.05, 4.69) is 29.2 Å². The van der Waals surface area contributed by atoms with E-state index in [0.717, 1.165) is 38.0 Å². The Bertz CT molecular complexity index is 738. The highest BCUT2D eigenvalue weighted by Gasteiger charge is 2.24. The van der Waals surface area contributed by atoms with Crippen molar-refractivity contribution in [2.24, 2.45) is 0 Å². The number of benzene rings is 1. The lowest BCUT2D eigenvalue weighted by molar-refractivity contribution is 0.0937. The minimum Gasteiger partial charge on any atom is -0.496 e. The number of nitrogens with one attached hydrogen (secondary N) is 1. The maximum atomic E-state index is 12.9. The van der Waals surface area contributed by atoms with E-state index in [-0.39, 0.29) is 11.9 Å². The average Bonchev–Trinajstić information content (AvgIpc) is 3.06. The number of rotatable bonds is 10. The van der Waals surface area contributed by atoms with Gasteiger partial charge in [0.25, 0.3) is 5.91 Å². The van der Waals surface area contributed by atoms with Gasteiger partial charge in [-0.15, -0.1) is 0 Å². The van der Waals surface area contributed by atoms with E-state index in [1.165, 1.54) is 0 Å². The number of carbonyl (C=O) groups excluding carboxylic acids is 1. The average molecular weight is 373 g/mol. The second kappa shape index (κ2) is 10.1. The van der Waals surface area contributed by atoms with E-state index in [0.29, 0.717) is 22.8 Å². The summed E-state index contributed by atoms with van der Waals surface area (Å²) in [6.45, 7) is 11.3. The minimum atomic E-state index is -0.162. The van der Waals surface area contributed by atoms with E-state index in [9.17, 15) is 4.79 Å². The molecule has 0 spiro atoms. The third-order valence-electron chi connectivity index (χ3n) is 4.82. The van der Waals surface area contributed by atoms with E-state index in [1.807, 2.05) is 31.2 Å². The molecule has 1 amide bonds. The van der Waals surface area contributed by atoms with E-state index >= 15 is 0 Å². The predicted molar refractivity (Wildman–Crippen MR) is 107 cm³/mol. The van der Waals surface area contributed by atoms with Crippen molar-refractivity contribution in [2.75, 3.05) is 26.7 Å². The van der Waals surface area contributed by atoms with Crippen LogP contribution in [0.1, 0.15) is 49.7 Å². The highest BCUT2D eigenvalue weighted by Crippen LogP contribution is 2.33. The second-order valence-electron chi connectivity index (χ2n) is 6.72. The van der Waals surface area contributed by atoms with Crippen molar-refractivity contribution >= 4 is 5.91 Å². The first kappa shape index (κ1) is 21.0. The molecule has 148 valence electrons. The van der Waals surface area contributed by atoms with Gasteiger partial charge in [0.1, 0.15) is 11.3 Å². The van der Waals surface area contributed by atoms with Gasteiger partial charge in [-0.05, 0) is 58.5 Å². The van der Waals surface area contributed by atoms with Crippen LogP contribution in [0.4, 0.5) is 0 Å². The molecule has 0 fully saturated rings. The monoisotopic (exact) mass is 373 g/mol. The minimum absolute atomic E-state index is 0.0767. The molecule has 0 unspecified atom stereocenters. The van der Waals surface area contributed by atoms with Gasteiger partial charge in [0.15, 0.2) is 5.76 Å². The summed E-state index contributed by atoms with van der Waals surface area (Å²) in [5.41, 5.74) is 1.76. The Morgan fingerprint density at radius 1 is 1.30 bits per heavy atom. The van der Waals surface area contributed by atoms with Gasteiger partial charge in [-0.1, -0.05) is 31.1 Å². The summed E-state index contributed by atoms with van der Waals surface area (Å²) in [4.78, 5) is 15.3. The normalized spacial score (nSPS) is 12.2. The molecule has 0 radical (unpaired) electrons. The predicted octanol–water partition coefficient (Wildman–Crippen LogP) is 3.90. The number of para-hydroxylation sites is 1. The first-order chi connectivity index (χ1) is 13.0. The summed E-state index contributed by atoms with van der Waals surface area (Å²) in [5.74, 6) is 0.928. The van der Waals surface area contributed by atoms with Crippen LogP contribution in [0.15, 0.2) is 28.8 Å². The number of methoxy groups -OCH3 is 1. The van der Waals surface area contributed by atoms with Crippen molar-refractivity contribution in [1.82, 2.24) is 15.4 Å². The molecular weight excluding hydrogens is 342 g/mol. The fourth-order valence-corrected chi connectivity index (χ4v) is 3.18. The number of ether oxygens (including phenoxy) is 1. The topological polar surface area (TPSA) is 67.6 Å². The van der Waals surface area contributed by atoms with Crippen LogP contribution < -0.4 is 10.1 Å². The third-order valence-corrected chi connectivity index (χ3v) is 4.82. The smallest absolute Gasteiger partial charge is 0.257 e. The molecule has 27 heavy (non-hydrogen) atoms. The van der Waals surface area contributed by atoms with Crippen LogP contribution in [0.2, 0.25) is 0 Å². The number of hydrogen-bond donors (Lipinski definition) is 1. The quantitative estimate of drug-likeness (QED) is 0.684. The molecule has 1 aromatic carbocycles. The Labute approximate surface area is 161 Å². The largest absolute Gasteiger partial charge is 0.496 e. The van der Waals surface area contributed by atoms with Crippen molar-refractivity contribution in [3.05, 3.63) is 35.5 Å². The molecule has 0 bridgehead atoms. The molecule has 1 atom stereocenters. The van der Waals surface area contributed by atoms with E-state index in [4.69, 9.17) is 9.26 Å². The van der Waals surface area contributed by atoms with Crippen molar-refractivity contribution < 1.29 is 14.1 Å². The zero-order valence-electron chi connectivity index (χ0n) is 17.0. The van der Waals surface area contributed by atoms with Crippen LogP contribution in [-0.4, -0.2) is 48.7 Å². The highest BCUT2D eigenvalue weighted by molar-refractivity contribution is 6.01. The van der Waals surface area contributed by atoms with Gasteiger partial charge in [0, 0.05) is 6.04 Å². The van der Waals surface area contributed by atoms with E-state index in [1.54, 1.807) is 14.0 Å². The molecule has 0 aliphatic carbocycles. The summed E-state index contributed by atoms with van der Waals surface area (Å²) < 4.78 is 10.9. The maximum Gasteiger partial charge on any atom is 0.257 e. The Kier molecular flexibility index (Phi) is 7.85. The SMILES string of the molecule is CCN(CC)CCC[C@H](C)NC(=O)c1c(C)noc1-c1ccccc1OC. The van der Waals surface area contributed by atoms with Gasteiger partial charge in [-0.2, -0.15) is 0 Å². The molecular formula is C21H31N3O3. The molecule has 0 saturated heterocycles. The van der Waals surface area contributed by atoms with Gasteiger partial charge in [0.05, 0.1) is 18.4 Å². The summed E-state index contributed by atoms with van der Waals surface area (Å²) in [5, 5.41) is 7.09. The molecule has 0 aliphatic heterocycles. The van der Waals surface area contributed by atoms with Crippen LogP contribution in [-0.2, 0) is 0 Å². The lowest BCUT2D eigenvalue weighted by Crippen LogP contribution is -2.34. The molecule has 1 aromatic heterocycles. The highest BCUT2D eigenvalue weighted by atomic mass is 16.5. The van der Waals surface area contributed by atoms with Crippen molar-refractivity contribution in [2.45, 2.75) is 46.6 Å². The van der Waals surface area contributed by atoms with Crippen LogP contribution in [0.25, 0.3) is 11.3 Å². The van der Waals surface area contributed by atoms with Crippen molar-refractivity contribution in [1.29, 1.82) is 0 Å². The first-order valence-corrected chi connectivity index (χ1v) is 9.64. The fraction of sp³-hybridized carbons (Fsp3) is 0.524. The molecule has 6 nitrogen and oxygen atoms in total. The lowest BCUT2D eigenvalue weighted by Gasteiger charge is -2.19. The van der Waals surface area contributed by atoms with Crippen molar-refractivity contribution in [3.63, 3.8) is 0 Å². The third kappa shape index (κ3) is 5.32. The van der Waals surface area contributed by atoms with Gasteiger partial charge >= 0.3 is 0 Å². The van der Waals surface area contributed by atoms with Gasteiger partial charge < -0.3 is 19.5 Å². The summed E-state index contributed by atoms with van der Waals surface area (Å²) >= 11 is 0. The molecule has 0 saturated carbocycles. The molecule has 1 heterocycles. The van der Waals surface area contributed by atoms with E-state index < -0.39 is 0 Å². The molecule has 2 rings (SSSR count). The van der Waals surface area contributed by atoms with Crippen LogP contribution in [0.5, 0.6) is 5.75 Å². The van der Waals surface area contributed by atoms with Gasteiger partial charge in [0.2, 0.25) is 0 Å².